The number of hydrogen-bond acceptors (Lipinski definition) is 9. The van der Waals surface area contributed by atoms with Gasteiger partial charge in [0.15, 0.2) is 0 Å². The number of rotatable bonds is 10. The van der Waals surface area contributed by atoms with E-state index in [2.05, 4.69) is 42.8 Å². The zero-order chi connectivity index (χ0) is 35.6. The number of fused-ring (bicyclic) bond motifs is 1. The standard InChI is InChI=1S/C34H39F5N8O3/c1-45-12-10-23(11-13-45)46-14-8-22(9-15-46)41-31(48)20-6-7-25(27(16-20)50-2)43-33-40-17-24(34(37,38)39)30(44-33)42-26-5-3-4-21-18-47(19-28(35)36)32(49)29(21)26/h3-7,16-18,22-23,28,49H,8-15,19H2,1-2H3,(H,41,48)(H2,40,42,43,44). The van der Waals surface area contributed by atoms with Gasteiger partial charge in [-0.25, -0.2) is 13.8 Å². The van der Waals surface area contributed by atoms with Gasteiger partial charge in [0.05, 0.1) is 30.4 Å². The van der Waals surface area contributed by atoms with Crippen LogP contribution in [0.15, 0.2) is 48.8 Å². The van der Waals surface area contributed by atoms with E-state index < -0.39 is 36.4 Å². The fourth-order valence-corrected chi connectivity index (χ4v) is 6.66. The largest absolute Gasteiger partial charge is 0.495 e. The van der Waals surface area contributed by atoms with Gasteiger partial charge in [0, 0.05) is 48.5 Å². The van der Waals surface area contributed by atoms with Crippen LogP contribution >= 0.6 is 0 Å². The minimum Gasteiger partial charge on any atom is -0.495 e. The highest BCUT2D eigenvalue weighted by atomic mass is 19.4. The summed E-state index contributed by atoms with van der Waals surface area (Å²) >= 11 is 0. The van der Waals surface area contributed by atoms with Gasteiger partial charge in [0.2, 0.25) is 11.8 Å². The van der Waals surface area contributed by atoms with Crippen LogP contribution in [-0.4, -0.2) is 94.2 Å². The Labute approximate surface area is 285 Å². The van der Waals surface area contributed by atoms with Gasteiger partial charge in [-0.05, 0) is 70.1 Å². The molecule has 11 nitrogen and oxygen atoms in total. The van der Waals surface area contributed by atoms with E-state index in [9.17, 15) is 31.9 Å². The first kappa shape index (κ1) is 35.1. The second-order valence-corrected chi connectivity index (χ2v) is 12.7. The number of carbonyl (C=O) groups is 1. The smallest absolute Gasteiger partial charge is 0.421 e. The summed E-state index contributed by atoms with van der Waals surface area (Å²) < 4.78 is 74.6. The maximum Gasteiger partial charge on any atom is 0.421 e. The average Bonchev–Trinajstić information content (AvgIpc) is 3.40. The molecule has 2 fully saturated rings. The number of aromatic hydroxyl groups is 1. The second-order valence-electron chi connectivity index (χ2n) is 12.7. The number of ether oxygens (including phenoxy) is 1. The molecule has 50 heavy (non-hydrogen) atoms. The number of methoxy groups -OCH3 is 1. The summed E-state index contributed by atoms with van der Waals surface area (Å²) in [6.45, 7) is 3.26. The number of piperidine rings is 2. The predicted molar refractivity (Wildman–Crippen MR) is 179 cm³/mol. The van der Waals surface area contributed by atoms with Crippen molar-refractivity contribution in [3.05, 3.63) is 59.9 Å². The summed E-state index contributed by atoms with van der Waals surface area (Å²) in [6, 6.07) is 9.72. The number of aromatic nitrogens is 3. The molecule has 0 radical (unpaired) electrons. The molecule has 16 heteroatoms. The number of likely N-dealkylation sites (tertiary alicyclic amines) is 2. The molecule has 1 amide bonds. The van der Waals surface area contributed by atoms with Gasteiger partial charge in [-0.2, -0.15) is 18.2 Å². The molecule has 4 N–H and O–H groups in total. The number of anilines is 4. The van der Waals surface area contributed by atoms with Gasteiger partial charge < -0.3 is 40.2 Å². The summed E-state index contributed by atoms with van der Waals surface area (Å²) in [7, 11) is 3.54. The van der Waals surface area contributed by atoms with Gasteiger partial charge in [0.1, 0.15) is 17.1 Å². The molecular weight excluding hydrogens is 663 g/mol. The highest BCUT2D eigenvalue weighted by Gasteiger charge is 2.36. The van der Waals surface area contributed by atoms with Crippen LogP contribution in [0.1, 0.15) is 41.6 Å². The predicted octanol–water partition coefficient (Wildman–Crippen LogP) is 6.21. The molecule has 2 aromatic carbocycles. The summed E-state index contributed by atoms with van der Waals surface area (Å²) in [5, 5.41) is 19.6. The number of carbonyl (C=O) groups excluding carboxylic acids is 1. The van der Waals surface area contributed by atoms with Crippen molar-refractivity contribution < 1.29 is 36.6 Å². The molecule has 0 aliphatic carbocycles. The fourth-order valence-electron chi connectivity index (χ4n) is 6.66. The Morgan fingerprint density at radius 1 is 1.04 bits per heavy atom. The van der Waals surface area contributed by atoms with Gasteiger partial charge in [0.25, 0.3) is 12.3 Å². The molecule has 0 bridgehead atoms. The van der Waals surface area contributed by atoms with Crippen LogP contribution in [0.5, 0.6) is 11.6 Å². The number of amides is 1. The third-order valence-electron chi connectivity index (χ3n) is 9.35. The topological polar surface area (TPSA) is 120 Å². The van der Waals surface area contributed by atoms with Crippen molar-refractivity contribution in [2.24, 2.45) is 0 Å². The number of benzene rings is 2. The zero-order valence-corrected chi connectivity index (χ0v) is 27.6. The maximum atomic E-state index is 14.0. The first-order chi connectivity index (χ1) is 23.9. The Morgan fingerprint density at radius 3 is 2.46 bits per heavy atom. The van der Waals surface area contributed by atoms with Crippen molar-refractivity contribution in [2.45, 2.75) is 56.9 Å². The summed E-state index contributed by atoms with van der Waals surface area (Å²) in [5.74, 6) is -1.41. The summed E-state index contributed by atoms with van der Waals surface area (Å²) in [6.07, 6.45) is -1.70. The van der Waals surface area contributed by atoms with Crippen molar-refractivity contribution in [2.75, 3.05) is 51.0 Å². The van der Waals surface area contributed by atoms with Crippen LogP contribution in [0.4, 0.5) is 45.1 Å². The molecule has 0 unspecified atom stereocenters. The SMILES string of the molecule is COc1cc(C(=O)NC2CCN(C3CCN(C)CC3)CC2)ccc1Nc1ncc(C(F)(F)F)c(Nc2cccc3cn(CC(F)F)c(O)c23)n1. The van der Waals surface area contributed by atoms with E-state index in [4.69, 9.17) is 4.74 Å². The van der Waals surface area contributed by atoms with Gasteiger partial charge >= 0.3 is 6.18 Å². The minimum absolute atomic E-state index is 0.0172. The van der Waals surface area contributed by atoms with E-state index >= 15 is 0 Å². The maximum absolute atomic E-state index is 14.0. The van der Waals surface area contributed by atoms with Crippen LogP contribution in [0.2, 0.25) is 0 Å². The van der Waals surface area contributed by atoms with Gasteiger partial charge in [-0.1, -0.05) is 12.1 Å². The number of nitrogens with one attached hydrogen (secondary N) is 3. The van der Waals surface area contributed by atoms with Crippen molar-refractivity contribution in [1.29, 1.82) is 0 Å². The Morgan fingerprint density at radius 2 is 1.78 bits per heavy atom. The van der Waals surface area contributed by atoms with E-state index in [1.54, 1.807) is 12.1 Å². The molecule has 2 saturated heterocycles. The van der Waals surface area contributed by atoms with Gasteiger partial charge in [-0.15, -0.1) is 0 Å². The lowest BCUT2D eigenvalue weighted by molar-refractivity contribution is -0.137. The third kappa shape index (κ3) is 7.86. The van der Waals surface area contributed by atoms with E-state index in [0.717, 1.165) is 56.4 Å². The molecular formula is C34H39F5N8O3. The zero-order valence-electron chi connectivity index (χ0n) is 27.6. The molecule has 0 saturated carbocycles. The monoisotopic (exact) mass is 702 g/mol. The molecule has 2 aliphatic rings. The van der Waals surface area contributed by atoms with Crippen molar-refractivity contribution in [3.63, 3.8) is 0 Å². The van der Waals surface area contributed by atoms with Crippen molar-refractivity contribution in [1.82, 2.24) is 29.7 Å². The lowest BCUT2D eigenvalue weighted by Gasteiger charge is -2.41. The van der Waals surface area contributed by atoms with E-state index in [1.807, 2.05) is 0 Å². The van der Waals surface area contributed by atoms with Crippen LogP contribution < -0.4 is 20.7 Å². The third-order valence-corrected chi connectivity index (χ3v) is 9.35. The van der Waals surface area contributed by atoms with Crippen LogP contribution in [0.3, 0.4) is 0 Å². The Kier molecular flexibility index (Phi) is 10.3. The molecule has 4 aromatic rings. The first-order valence-corrected chi connectivity index (χ1v) is 16.4. The first-order valence-electron chi connectivity index (χ1n) is 16.4. The summed E-state index contributed by atoms with van der Waals surface area (Å²) in [4.78, 5) is 26.0. The minimum atomic E-state index is -4.85. The van der Waals surface area contributed by atoms with E-state index in [1.165, 1.54) is 37.6 Å². The van der Waals surface area contributed by atoms with E-state index in [0.29, 0.717) is 28.9 Å². The molecule has 6 rings (SSSR count). The summed E-state index contributed by atoms with van der Waals surface area (Å²) in [5.41, 5.74) is -0.524. The van der Waals surface area contributed by atoms with Gasteiger partial charge in [-0.3, -0.25) is 4.79 Å². The number of alkyl halides is 5. The molecule has 4 heterocycles. The number of hydrogen-bond donors (Lipinski definition) is 4. The van der Waals surface area contributed by atoms with E-state index in [-0.39, 0.29) is 34.7 Å². The van der Waals surface area contributed by atoms with Crippen LogP contribution in [-0.2, 0) is 12.7 Å². The van der Waals surface area contributed by atoms with Crippen molar-refractivity contribution >= 4 is 39.8 Å². The Hall–Kier alpha value is -4.70. The lowest BCUT2D eigenvalue weighted by atomic mass is 9.98. The second kappa shape index (κ2) is 14.6. The highest BCUT2D eigenvalue weighted by molar-refractivity contribution is 6.00. The number of nitrogens with zero attached hydrogens (tertiary/aromatic N) is 5. The van der Waals surface area contributed by atoms with Crippen LogP contribution in [0.25, 0.3) is 10.8 Å². The van der Waals surface area contributed by atoms with Crippen molar-refractivity contribution in [3.8, 4) is 11.6 Å². The fraction of sp³-hybridized carbons (Fsp3) is 0.441. The highest BCUT2D eigenvalue weighted by Crippen LogP contribution is 2.40. The number of halogens is 5. The quantitative estimate of drug-likeness (QED) is 0.143. The molecule has 0 atom stereocenters. The normalized spacial score (nSPS) is 17.0. The van der Waals surface area contributed by atoms with Crippen LogP contribution in [0, 0.1) is 0 Å². The average molecular weight is 703 g/mol. The molecule has 2 aromatic heterocycles. The molecule has 2 aliphatic heterocycles. The Bertz CT molecular complexity index is 1820. The Balaban J connectivity index is 1.16. The molecule has 268 valence electrons. The molecule has 0 spiro atoms. The lowest BCUT2D eigenvalue weighted by Crippen LogP contribution is -2.50.